The van der Waals surface area contributed by atoms with Crippen LogP contribution in [-0.2, 0) is 6.61 Å². The molecule has 1 heterocycles. The van der Waals surface area contributed by atoms with Gasteiger partial charge >= 0.3 is 0 Å². The van der Waals surface area contributed by atoms with Gasteiger partial charge in [-0.2, -0.15) is 5.01 Å². The Morgan fingerprint density at radius 2 is 2.00 bits per heavy atom. The van der Waals surface area contributed by atoms with Gasteiger partial charge in [0.1, 0.15) is 12.4 Å². The van der Waals surface area contributed by atoms with Crippen molar-refractivity contribution in [2.75, 3.05) is 12.1 Å². The van der Waals surface area contributed by atoms with Crippen LogP contribution in [0.15, 0.2) is 52.9 Å². The number of aliphatic hydroxyl groups is 1. The number of hydrogen-bond acceptors (Lipinski definition) is 7. The van der Waals surface area contributed by atoms with E-state index in [1.54, 1.807) is 13.1 Å². The molecule has 1 aliphatic heterocycles. The first-order valence-corrected chi connectivity index (χ1v) is 8.47. The number of nitrogens with zero attached hydrogens (tertiary/aromatic N) is 4. The molecule has 2 aromatic carbocycles. The lowest BCUT2D eigenvalue weighted by Gasteiger charge is -2.22. The first-order chi connectivity index (χ1) is 12.5. The third kappa shape index (κ3) is 3.52. The molecule has 0 saturated heterocycles. The van der Waals surface area contributed by atoms with Crippen molar-refractivity contribution >= 4 is 11.5 Å². The van der Waals surface area contributed by atoms with Crippen molar-refractivity contribution in [3.05, 3.63) is 59.2 Å². The molecule has 0 fully saturated rings. The fourth-order valence-corrected chi connectivity index (χ4v) is 2.73. The van der Waals surface area contributed by atoms with E-state index in [0.717, 1.165) is 16.8 Å². The standard InChI is InChI=1S/C19H22N4O3/c1-4-17(24)14-9-10-18(13(2)11-14)26-12-15-7-5-6-8-16(15)23-19(25)22(3)20-21-23/h5-11,19,25H,4,12H2,1-3H3. The Hall–Kier alpha value is -2.93. The Kier molecular flexibility index (Phi) is 5.18. The highest BCUT2D eigenvalue weighted by Crippen LogP contribution is 2.28. The van der Waals surface area contributed by atoms with E-state index in [1.165, 1.54) is 10.0 Å². The predicted octanol–water partition coefficient (Wildman–Crippen LogP) is 3.48. The summed E-state index contributed by atoms with van der Waals surface area (Å²) in [6.45, 7) is 4.07. The maximum Gasteiger partial charge on any atom is 0.245 e. The van der Waals surface area contributed by atoms with Gasteiger partial charge in [-0.15, -0.1) is 0 Å². The van der Waals surface area contributed by atoms with Crippen LogP contribution in [0.5, 0.6) is 5.75 Å². The van der Waals surface area contributed by atoms with Crippen LogP contribution in [0.25, 0.3) is 0 Å². The van der Waals surface area contributed by atoms with Crippen molar-refractivity contribution in [2.45, 2.75) is 33.2 Å². The van der Waals surface area contributed by atoms with E-state index in [-0.39, 0.29) is 5.78 Å². The van der Waals surface area contributed by atoms with E-state index < -0.39 is 6.35 Å². The van der Waals surface area contributed by atoms with Crippen molar-refractivity contribution in [3.8, 4) is 5.75 Å². The zero-order chi connectivity index (χ0) is 18.7. The maximum absolute atomic E-state index is 11.8. The van der Waals surface area contributed by atoms with Crippen LogP contribution in [0.1, 0.15) is 34.8 Å². The van der Waals surface area contributed by atoms with Crippen LogP contribution in [-0.4, -0.2) is 29.3 Å². The Balaban J connectivity index is 1.77. The molecule has 0 aliphatic carbocycles. The molecule has 7 nitrogen and oxygen atoms in total. The molecule has 0 bridgehead atoms. The molecule has 26 heavy (non-hydrogen) atoms. The lowest BCUT2D eigenvalue weighted by atomic mass is 10.1. The predicted molar refractivity (Wildman–Crippen MR) is 97.7 cm³/mol. The molecule has 0 aromatic heterocycles. The van der Waals surface area contributed by atoms with Gasteiger partial charge in [-0.1, -0.05) is 25.1 Å². The second-order valence-corrected chi connectivity index (χ2v) is 6.12. The number of carbonyl (C=O) groups is 1. The van der Waals surface area contributed by atoms with Crippen LogP contribution in [0, 0.1) is 6.92 Å². The van der Waals surface area contributed by atoms with E-state index >= 15 is 0 Å². The van der Waals surface area contributed by atoms with Crippen molar-refractivity contribution < 1.29 is 14.6 Å². The summed E-state index contributed by atoms with van der Waals surface area (Å²) in [6.07, 6.45) is -0.467. The quantitative estimate of drug-likeness (QED) is 0.804. The minimum Gasteiger partial charge on any atom is -0.489 e. The monoisotopic (exact) mass is 354 g/mol. The van der Waals surface area contributed by atoms with Crippen molar-refractivity contribution in [2.24, 2.45) is 10.4 Å². The average molecular weight is 354 g/mol. The van der Waals surface area contributed by atoms with E-state index in [9.17, 15) is 9.90 Å². The zero-order valence-electron chi connectivity index (χ0n) is 15.1. The number of anilines is 1. The molecular weight excluding hydrogens is 332 g/mol. The molecule has 0 radical (unpaired) electrons. The summed E-state index contributed by atoms with van der Waals surface area (Å²) >= 11 is 0. The Bertz CT molecular complexity index is 837. The van der Waals surface area contributed by atoms with Crippen LogP contribution in [0.4, 0.5) is 5.69 Å². The number of para-hydroxylation sites is 1. The van der Waals surface area contributed by atoms with Gasteiger partial charge in [0.15, 0.2) is 5.78 Å². The largest absolute Gasteiger partial charge is 0.489 e. The number of aliphatic hydroxyl groups excluding tert-OH is 1. The maximum atomic E-state index is 11.8. The second-order valence-electron chi connectivity index (χ2n) is 6.12. The van der Waals surface area contributed by atoms with Crippen LogP contribution in [0.3, 0.4) is 0 Å². The average Bonchev–Trinajstić information content (AvgIpc) is 2.99. The van der Waals surface area contributed by atoms with Gasteiger partial charge in [-0.3, -0.25) is 4.79 Å². The van der Waals surface area contributed by atoms with Gasteiger partial charge in [-0.05, 0) is 47.2 Å². The minimum atomic E-state index is -0.947. The SMILES string of the molecule is CCC(=O)c1ccc(OCc2ccccc2N2N=NN(C)C2O)c(C)c1. The molecule has 1 atom stereocenters. The molecule has 136 valence electrons. The highest BCUT2D eigenvalue weighted by Gasteiger charge is 2.27. The van der Waals surface area contributed by atoms with E-state index in [4.69, 9.17) is 4.74 Å². The summed E-state index contributed by atoms with van der Waals surface area (Å²) in [5, 5.41) is 20.8. The summed E-state index contributed by atoms with van der Waals surface area (Å²) in [4.78, 5) is 11.8. The van der Waals surface area contributed by atoms with Gasteiger partial charge in [0.25, 0.3) is 0 Å². The molecule has 0 saturated carbocycles. The fraction of sp³-hybridized carbons (Fsp3) is 0.316. The smallest absolute Gasteiger partial charge is 0.245 e. The van der Waals surface area contributed by atoms with Crippen molar-refractivity contribution in [1.29, 1.82) is 0 Å². The van der Waals surface area contributed by atoms with Gasteiger partial charge in [0, 0.05) is 24.6 Å². The highest BCUT2D eigenvalue weighted by atomic mass is 16.5. The van der Waals surface area contributed by atoms with Crippen LogP contribution in [0.2, 0.25) is 0 Å². The van der Waals surface area contributed by atoms with E-state index in [2.05, 4.69) is 10.4 Å². The number of Topliss-reactive ketones (excluding diaryl/α,β-unsaturated/α-hetero) is 1. The second kappa shape index (κ2) is 7.53. The molecule has 0 amide bonds. The zero-order valence-corrected chi connectivity index (χ0v) is 15.1. The highest BCUT2D eigenvalue weighted by molar-refractivity contribution is 5.96. The van der Waals surface area contributed by atoms with Crippen molar-refractivity contribution in [3.63, 3.8) is 0 Å². The number of carbonyl (C=O) groups excluding carboxylic acids is 1. The van der Waals surface area contributed by atoms with Gasteiger partial charge in [0.05, 0.1) is 5.69 Å². The number of ether oxygens (including phenoxy) is 1. The fourth-order valence-electron chi connectivity index (χ4n) is 2.73. The molecular formula is C19H22N4O3. The normalized spacial score (nSPS) is 16.2. The molecule has 1 unspecified atom stereocenters. The number of benzene rings is 2. The minimum absolute atomic E-state index is 0.113. The molecule has 2 aromatic rings. The molecule has 3 rings (SSSR count). The lowest BCUT2D eigenvalue weighted by Crippen LogP contribution is -2.36. The number of hydrogen-bond donors (Lipinski definition) is 1. The Morgan fingerprint density at radius 1 is 1.23 bits per heavy atom. The lowest BCUT2D eigenvalue weighted by molar-refractivity contribution is 0.0456. The third-order valence-electron chi connectivity index (χ3n) is 4.27. The third-order valence-corrected chi connectivity index (χ3v) is 4.27. The first-order valence-electron chi connectivity index (χ1n) is 8.47. The number of aryl methyl sites for hydroxylation is 1. The summed E-state index contributed by atoms with van der Waals surface area (Å²) in [6, 6.07) is 13.0. The number of ketones is 1. The van der Waals surface area contributed by atoms with Gasteiger partial charge < -0.3 is 9.84 Å². The Labute approximate surface area is 152 Å². The molecule has 0 spiro atoms. The van der Waals surface area contributed by atoms with Crippen LogP contribution < -0.4 is 9.75 Å². The number of rotatable bonds is 6. The molecule has 7 heteroatoms. The van der Waals surface area contributed by atoms with E-state index in [1.807, 2.05) is 50.2 Å². The van der Waals surface area contributed by atoms with Crippen LogP contribution >= 0.6 is 0 Å². The summed E-state index contributed by atoms with van der Waals surface area (Å²) in [5.41, 5.74) is 3.20. The van der Waals surface area contributed by atoms with E-state index in [0.29, 0.717) is 24.3 Å². The molecule has 1 aliphatic rings. The first kappa shape index (κ1) is 17.9. The summed E-state index contributed by atoms with van der Waals surface area (Å²) < 4.78 is 5.95. The summed E-state index contributed by atoms with van der Waals surface area (Å²) in [7, 11) is 1.65. The van der Waals surface area contributed by atoms with Gasteiger partial charge in [0.2, 0.25) is 6.35 Å². The molecule has 1 N–H and O–H groups in total. The van der Waals surface area contributed by atoms with Crippen molar-refractivity contribution in [1.82, 2.24) is 5.01 Å². The Morgan fingerprint density at radius 3 is 2.65 bits per heavy atom. The summed E-state index contributed by atoms with van der Waals surface area (Å²) in [5.74, 6) is 0.829. The van der Waals surface area contributed by atoms with Gasteiger partial charge in [-0.25, -0.2) is 5.01 Å². The topological polar surface area (TPSA) is 77.7 Å².